The number of nitrogens with zero attached hydrogens (tertiary/aromatic N) is 1. The Balaban J connectivity index is 2.28. The van der Waals surface area contributed by atoms with Crippen LogP contribution in [0, 0.1) is 0 Å². The normalized spacial score (nSPS) is 23.1. The van der Waals surface area contributed by atoms with Gasteiger partial charge in [0.2, 0.25) is 0 Å². The highest BCUT2D eigenvalue weighted by Gasteiger charge is 2.45. The summed E-state index contributed by atoms with van der Waals surface area (Å²) in [4.78, 5) is 25.1. The van der Waals surface area contributed by atoms with E-state index in [1.807, 2.05) is 0 Å². The molecule has 0 unspecified atom stereocenters. The molecule has 2 rings (SSSR count). The van der Waals surface area contributed by atoms with Crippen molar-refractivity contribution >= 4 is 27.8 Å². The number of hydrogen-bond donors (Lipinski definition) is 1. The maximum atomic E-state index is 12.3. The third kappa shape index (κ3) is 2.14. The number of carbonyl (C=O) groups excluding carboxylic acids is 1. The molecule has 4 nitrogen and oxygen atoms in total. The Morgan fingerprint density at radius 3 is 2.50 bits per heavy atom. The minimum absolute atomic E-state index is 0.218. The Morgan fingerprint density at radius 2 is 1.94 bits per heavy atom. The number of amides is 1. The van der Waals surface area contributed by atoms with Gasteiger partial charge in [-0.05, 0) is 44.0 Å². The molecule has 0 spiro atoms. The number of carboxylic acid groups (broad SMARTS) is 1. The van der Waals surface area contributed by atoms with Gasteiger partial charge in [-0.3, -0.25) is 4.79 Å². The van der Waals surface area contributed by atoms with Crippen LogP contribution in [0.5, 0.6) is 0 Å². The van der Waals surface area contributed by atoms with Gasteiger partial charge in [-0.2, -0.15) is 0 Å². The van der Waals surface area contributed by atoms with Crippen LogP contribution in [-0.4, -0.2) is 34.0 Å². The molecule has 5 heteroatoms. The molecule has 1 aromatic rings. The summed E-state index contributed by atoms with van der Waals surface area (Å²) in [5.74, 6) is -1.16. The third-order valence-electron chi connectivity index (χ3n) is 3.44. The van der Waals surface area contributed by atoms with Crippen molar-refractivity contribution < 1.29 is 14.7 Å². The van der Waals surface area contributed by atoms with Crippen LogP contribution >= 0.6 is 15.9 Å². The summed E-state index contributed by atoms with van der Waals surface area (Å²) in [6, 6.07) is 6.96. The monoisotopic (exact) mass is 311 g/mol. The number of hydrogen-bond acceptors (Lipinski definition) is 2. The van der Waals surface area contributed by atoms with Gasteiger partial charge in [0.05, 0.1) is 0 Å². The third-order valence-corrected chi connectivity index (χ3v) is 3.97. The first-order chi connectivity index (χ1) is 8.45. The lowest BCUT2D eigenvalue weighted by molar-refractivity contribution is -0.147. The van der Waals surface area contributed by atoms with Gasteiger partial charge < -0.3 is 10.0 Å². The number of likely N-dealkylation sites (tertiary alicyclic amines) is 1. The summed E-state index contributed by atoms with van der Waals surface area (Å²) >= 11 is 3.30. The average Bonchev–Trinajstić information content (AvgIpc) is 2.73. The van der Waals surface area contributed by atoms with Gasteiger partial charge in [0, 0.05) is 16.6 Å². The van der Waals surface area contributed by atoms with Crippen molar-refractivity contribution in [1.29, 1.82) is 0 Å². The summed E-state index contributed by atoms with van der Waals surface area (Å²) in [7, 11) is 0. The van der Waals surface area contributed by atoms with E-state index in [0.717, 1.165) is 10.9 Å². The van der Waals surface area contributed by atoms with Gasteiger partial charge in [-0.15, -0.1) is 0 Å². The number of aliphatic carboxylic acids is 1. The zero-order valence-corrected chi connectivity index (χ0v) is 11.6. The Bertz CT molecular complexity index is 486. The SMILES string of the molecule is C[C@@]1(C(=O)O)CCCN1C(=O)c1ccc(Br)cc1. The highest BCUT2D eigenvalue weighted by atomic mass is 79.9. The fourth-order valence-corrected chi connectivity index (χ4v) is 2.52. The predicted molar refractivity (Wildman–Crippen MR) is 70.5 cm³/mol. The van der Waals surface area contributed by atoms with Crippen LogP contribution in [0.25, 0.3) is 0 Å². The lowest BCUT2D eigenvalue weighted by Crippen LogP contribution is -2.50. The molecular formula is C13H14BrNO3. The molecule has 1 atom stereocenters. The maximum Gasteiger partial charge on any atom is 0.329 e. The fourth-order valence-electron chi connectivity index (χ4n) is 2.26. The molecule has 1 N–H and O–H groups in total. The van der Waals surface area contributed by atoms with Crippen molar-refractivity contribution in [3.05, 3.63) is 34.3 Å². The highest BCUT2D eigenvalue weighted by molar-refractivity contribution is 9.10. The van der Waals surface area contributed by atoms with Crippen molar-refractivity contribution in [3.8, 4) is 0 Å². The first-order valence-electron chi connectivity index (χ1n) is 5.76. The molecule has 0 radical (unpaired) electrons. The number of halogens is 1. The second kappa shape index (κ2) is 4.72. The molecule has 18 heavy (non-hydrogen) atoms. The number of benzene rings is 1. The van der Waals surface area contributed by atoms with E-state index in [4.69, 9.17) is 0 Å². The Hall–Kier alpha value is -1.36. The molecule has 0 aromatic heterocycles. The first kappa shape index (κ1) is 13.1. The predicted octanol–water partition coefficient (Wildman–Crippen LogP) is 2.53. The second-order valence-corrected chi connectivity index (χ2v) is 5.56. The van der Waals surface area contributed by atoms with E-state index < -0.39 is 11.5 Å². The van der Waals surface area contributed by atoms with Crippen molar-refractivity contribution in [2.45, 2.75) is 25.3 Å². The summed E-state index contributed by atoms with van der Waals surface area (Å²) in [6.45, 7) is 2.11. The maximum absolute atomic E-state index is 12.3. The Morgan fingerprint density at radius 1 is 1.33 bits per heavy atom. The molecule has 1 fully saturated rings. The fraction of sp³-hybridized carbons (Fsp3) is 0.385. The summed E-state index contributed by atoms with van der Waals surface area (Å²) in [5, 5.41) is 9.28. The lowest BCUT2D eigenvalue weighted by Gasteiger charge is -2.31. The van der Waals surface area contributed by atoms with Gasteiger partial charge in [0.1, 0.15) is 5.54 Å². The van der Waals surface area contributed by atoms with Crippen molar-refractivity contribution in [2.75, 3.05) is 6.54 Å². The van der Waals surface area contributed by atoms with Gasteiger partial charge in [-0.25, -0.2) is 4.79 Å². The summed E-state index contributed by atoms with van der Waals surface area (Å²) < 4.78 is 0.890. The molecule has 1 amide bonds. The standard InChI is InChI=1S/C13H14BrNO3/c1-13(12(17)18)7-2-8-15(13)11(16)9-3-5-10(14)6-4-9/h3-6H,2,7-8H2,1H3,(H,17,18)/t13-/m0/s1. The molecule has 1 heterocycles. The molecule has 96 valence electrons. The van der Waals surface area contributed by atoms with Crippen LogP contribution in [-0.2, 0) is 4.79 Å². The Kier molecular flexibility index (Phi) is 3.43. The van der Waals surface area contributed by atoms with Crippen molar-refractivity contribution in [3.63, 3.8) is 0 Å². The van der Waals surface area contributed by atoms with E-state index in [9.17, 15) is 14.7 Å². The smallest absolute Gasteiger partial charge is 0.329 e. The molecule has 1 aromatic carbocycles. The van der Waals surface area contributed by atoms with E-state index in [1.54, 1.807) is 31.2 Å². The van der Waals surface area contributed by atoms with E-state index in [0.29, 0.717) is 18.5 Å². The molecule has 1 aliphatic rings. The quantitative estimate of drug-likeness (QED) is 0.913. The minimum Gasteiger partial charge on any atom is -0.480 e. The number of rotatable bonds is 2. The van der Waals surface area contributed by atoms with E-state index in [2.05, 4.69) is 15.9 Å². The molecular weight excluding hydrogens is 298 g/mol. The van der Waals surface area contributed by atoms with Gasteiger partial charge in [-0.1, -0.05) is 15.9 Å². The van der Waals surface area contributed by atoms with Crippen LogP contribution < -0.4 is 0 Å². The Labute approximate surface area is 114 Å². The van der Waals surface area contributed by atoms with Gasteiger partial charge >= 0.3 is 5.97 Å². The topological polar surface area (TPSA) is 57.6 Å². The largest absolute Gasteiger partial charge is 0.480 e. The summed E-state index contributed by atoms with van der Waals surface area (Å²) in [5.41, 5.74) is -0.558. The zero-order valence-electron chi connectivity index (χ0n) is 10.0. The van der Waals surface area contributed by atoms with Crippen molar-refractivity contribution in [1.82, 2.24) is 4.90 Å². The van der Waals surface area contributed by atoms with E-state index in [-0.39, 0.29) is 5.91 Å². The summed E-state index contributed by atoms with van der Waals surface area (Å²) in [6.07, 6.45) is 1.23. The highest BCUT2D eigenvalue weighted by Crippen LogP contribution is 2.30. The van der Waals surface area contributed by atoms with Crippen LogP contribution in [0.1, 0.15) is 30.1 Å². The molecule has 1 saturated heterocycles. The van der Waals surface area contributed by atoms with Crippen LogP contribution in [0.3, 0.4) is 0 Å². The van der Waals surface area contributed by atoms with Crippen molar-refractivity contribution in [2.24, 2.45) is 0 Å². The van der Waals surface area contributed by atoms with Gasteiger partial charge in [0.25, 0.3) is 5.91 Å². The number of carbonyl (C=O) groups is 2. The molecule has 1 aliphatic heterocycles. The minimum atomic E-state index is -1.08. The van der Waals surface area contributed by atoms with E-state index in [1.165, 1.54) is 4.90 Å². The van der Waals surface area contributed by atoms with E-state index >= 15 is 0 Å². The van der Waals surface area contributed by atoms with Crippen LogP contribution in [0.4, 0.5) is 0 Å². The molecule has 0 bridgehead atoms. The first-order valence-corrected chi connectivity index (χ1v) is 6.55. The van der Waals surface area contributed by atoms with Gasteiger partial charge in [0.15, 0.2) is 0 Å². The second-order valence-electron chi connectivity index (χ2n) is 4.65. The lowest BCUT2D eigenvalue weighted by atomic mass is 9.98. The molecule has 0 aliphatic carbocycles. The average molecular weight is 312 g/mol. The van der Waals surface area contributed by atoms with Crippen LogP contribution in [0.15, 0.2) is 28.7 Å². The molecule has 0 saturated carbocycles. The number of carboxylic acids is 1. The zero-order chi connectivity index (χ0) is 13.3. The van der Waals surface area contributed by atoms with Crippen LogP contribution in [0.2, 0.25) is 0 Å².